The number of urea groups is 1. The van der Waals surface area contributed by atoms with E-state index in [9.17, 15) is 9.59 Å². The highest BCUT2D eigenvalue weighted by atomic mass is 16.2. The topological polar surface area (TPSA) is 71.7 Å². The summed E-state index contributed by atoms with van der Waals surface area (Å²) in [5.41, 5.74) is 5.32. The van der Waals surface area contributed by atoms with Gasteiger partial charge in [-0.05, 0) is 89.7 Å². The predicted octanol–water partition coefficient (Wildman–Crippen LogP) is 3.73. The largest absolute Gasteiger partial charge is 0.358 e. The highest BCUT2D eigenvalue weighted by Gasteiger charge is 2.45. The van der Waals surface area contributed by atoms with Crippen LogP contribution in [0.1, 0.15) is 55.3 Å². The molecule has 7 heteroatoms. The lowest BCUT2D eigenvalue weighted by Gasteiger charge is -2.47. The number of rotatable bonds is 8. The number of nitrogens with zero attached hydrogens (tertiary/aromatic N) is 3. The number of carbonyl (C=O) groups excluding carboxylic acids is 2. The molecule has 1 aromatic carbocycles. The van der Waals surface area contributed by atoms with Crippen molar-refractivity contribution in [1.29, 1.82) is 0 Å². The molecule has 0 radical (unpaired) electrons. The number of H-pyrrole nitrogens is 1. The van der Waals surface area contributed by atoms with Crippen LogP contribution < -0.4 is 5.32 Å². The molecule has 0 bridgehead atoms. The minimum absolute atomic E-state index is 0.00262. The van der Waals surface area contributed by atoms with Crippen molar-refractivity contribution in [3.05, 3.63) is 35.0 Å². The molecule has 3 aliphatic rings. The van der Waals surface area contributed by atoms with Gasteiger partial charge in [-0.3, -0.25) is 14.6 Å². The zero-order valence-electron chi connectivity index (χ0n) is 21.8. The Bertz CT molecular complexity index is 1090. The number of piperidine rings is 1. The maximum absolute atomic E-state index is 13.9. The molecule has 0 unspecified atom stereocenters. The number of hydrogen-bond acceptors (Lipinski definition) is 4. The molecule has 1 aliphatic heterocycles. The summed E-state index contributed by atoms with van der Waals surface area (Å²) in [5, 5.41) is 4.25. The fraction of sp³-hybridized carbons (Fsp3) is 0.643. The fourth-order valence-corrected chi connectivity index (χ4v) is 6.41. The van der Waals surface area contributed by atoms with E-state index in [1.807, 2.05) is 21.0 Å². The number of benzene rings is 1. The van der Waals surface area contributed by atoms with Crippen LogP contribution in [0.4, 0.5) is 4.79 Å². The first-order valence-electron chi connectivity index (χ1n) is 13.4. The van der Waals surface area contributed by atoms with Gasteiger partial charge in [-0.15, -0.1) is 0 Å². The number of amides is 3. The van der Waals surface area contributed by atoms with Crippen LogP contribution in [0.5, 0.6) is 0 Å². The lowest BCUT2D eigenvalue weighted by molar-refractivity contribution is -0.135. The Balaban J connectivity index is 1.44. The summed E-state index contributed by atoms with van der Waals surface area (Å²) in [6, 6.07) is 6.78. The Kier molecular flexibility index (Phi) is 6.91. The molecular formula is C28H41N5O2. The first-order chi connectivity index (χ1) is 16.9. The number of nitrogens with one attached hydrogen (secondary N) is 2. The second-order valence-corrected chi connectivity index (χ2v) is 11.2. The third-order valence-electron chi connectivity index (χ3n) is 8.28. The van der Waals surface area contributed by atoms with Crippen molar-refractivity contribution >= 4 is 22.8 Å². The van der Waals surface area contributed by atoms with E-state index < -0.39 is 0 Å². The Morgan fingerprint density at radius 1 is 1.20 bits per heavy atom. The van der Waals surface area contributed by atoms with E-state index in [-0.39, 0.29) is 17.9 Å². The van der Waals surface area contributed by atoms with E-state index >= 15 is 0 Å². The molecule has 2 fully saturated rings. The van der Waals surface area contributed by atoms with Gasteiger partial charge in [0, 0.05) is 54.7 Å². The van der Waals surface area contributed by atoms with Gasteiger partial charge in [-0.25, -0.2) is 4.79 Å². The van der Waals surface area contributed by atoms with Crippen LogP contribution in [-0.4, -0.2) is 84.5 Å². The SMILES string of the molecule is CCNC(=O)N(CCCN(C)C)C(=O)[C@@H]1C[C@@H]2c3cccc4[nH]c(C)c(c34)C[C@H]2N(CC2CC2)C1. The standard InChI is InChI=1S/C28H41N5O2/c1-5-29-28(35)33(13-7-12-31(3)4)27(34)20-14-23-21-8-6-9-24-26(21)22(18(2)30-24)15-25(23)32(17-20)16-19-10-11-19/h6,8-9,19-20,23,25,30H,5,7,10-17H2,1-4H3,(H,29,35)/t20-,23-,25-/m1/s1. The number of aromatic amines is 1. The molecule has 2 heterocycles. The zero-order valence-corrected chi connectivity index (χ0v) is 21.8. The molecule has 1 saturated heterocycles. The number of aromatic nitrogens is 1. The Morgan fingerprint density at radius 2 is 2.00 bits per heavy atom. The number of fused-ring (bicyclic) bond motifs is 2. The van der Waals surface area contributed by atoms with Crippen molar-refractivity contribution in [1.82, 2.24) is 25.0 Å². The number of likely N-dealkylation sites (tertiary alicyclic amines) is 1. The molecule has 0 spiro atoms. The van der Waals surface area contributed by atoms with Crippen LogP contribution in [0.2, 0.25) is 0 Å². The summed E-state index contributed by atoms with van der Waals surface area (Å²) in [5.74, 6) is 0.917. The molecule has 190 valence electrons. The summed E-state index contributed by atoms with van der Waals surface area (Å²) in [6.45, 7) is 7.77. The minimum Gasteiger partial charge on any atom is -0.358 e. The van der Waals surface area contributed by atoms with Crippen molar-refractivity contribution in [3.8, 4) is 0 Å². The second kappa shape index (κ2) is 9.94. The summed E-state index contributed by atoms with van der Waals surface area (Å²) >= 11 is 0. The van der Waals surface area contributed by atoms with Gasteiger partial charge in [0.25, 0.3) is 0 Å². The lowest BCUT2D eigenvalue weighted by atomic mass is 9.71. The summed E-state index contributed by atoms with van der Waals surface area (Å²) in [4.78, 5) is 36.7. The van der Waals surface area contributed by atoms with Gasteiger partial charge >= 0.3 is 6.03 Å². The summed E-state index contributed by atoms with van der Waals surface area (Å²) in [7, 11) is 4.05. The van der Waals surface area contributed by atoms with E-state index in [2.05, 4.69) is 45.2 Å². The van der Waals surface area contributed by atoms with Gasteiger partial charge in [0.2, 0.25) is 5.91 Å². The van der Waals surface area contributed by atoms with Crippen molar-refractivity contribution in [2.45, 2.75) is 57.9 Å². The number of hydrogen-bond donors (Lipinski definition) is 2. The molecule has 2 aliphatic carbocycles. The Labute approximate surface area is 209 Å². The molecule has 35 heavy (non-hydrogen) atoms. The molecule has 7 nitrogen and oxygen atoms in total. The quantitative estimate of drug-likeness (QED) is 0.605. The Morgan fingerprint density at radius 3 is 2.71 bits per heavy atom. The van der Waals surface area contributed by atoms with Gasteiger partial charge in [0.15, 0.2) is 0 Å². The van der Waals surface area contributed by atoms with Crippen molar-refractivity contribution in [2.24, 2.45) is 11.8 Å². The van der Waals surface area contributed by atoms with Crippen LogP contribution >= 0.6 is 0 Å². The molecule has 1 saturated carbocycles. The van der Waals surface area contributed by atoms with E-state index in [1.54, 1.807) is 0 Å². The van der Waals surface area contributed by atoms with Gasteiger partial charge in [0.1, 0.15) is 0 Å². The lowest BCUT2D eigenvalue weighted by Crippen LogP contribution is -2.56. The molecular weight excluding hydrogens is 438 g/mol. The van der Waals surface area contributed by atoms with Crippen LogP contribution in [0.25, 0.3) is 10.9 Å². The van der Waals surface area contributed by atoms with E-state index in [1.165, 1.54) is 45.5 Å². The first-order valence-corrected chi connectivity index (χ1v) is 13.4. The molecule has 1 aromatic heterocycles. The van der Waals surface area contributed by atoms with Crippen LogP contribution in [0.3, 0.4) is 0 Å². The monoisotopic (exact) mass is 479 g/mol. The fourth-order valence-electron chi connectivity index (χ4n) is 6.41. The number of aryl methyl sites for hydroxylation is 1. The average Bonchev–Trinajstić information content (AvgIpc) is 3.59. The highest BCUT2D eigenvalue weighted by molar-refractivity contribution is 5.96. The van der Waals surface area contributed by atoms with Gasteiger partial charge < -0.3 is 15.2 Å². The predicted molar refractivity (Wildman–Crippen MR) is 140 cm³/mol. The van der Waals surface area contributed by atoms with Crippen molar-refractivity contribution in [3.63, 3.8) is 0 Å². The number of imide groups is 1. The second-order valence-electron chi connectivity index (χ2n) is 11.2. The van der Waals surface area contributed by atoms with E-state index in [4.69, 9.17) is 0 Å². The van der Waals surface area contributed by atoms with Gasteiger partial charge in [-0.2, -0.15) is 0 Å². The van der Waals surface area contributed by atoms with Crippen LogP contribution in [0.15, 0.2) is 18.2 Å². The van der Waals surface area contributed by atoms with Gasteiger partial charge in [-0.1, -0.05) is 12.1 Å². The molecule has 3 atom stereocenters. The maximum Gasteiger partial charge on any atom is 0.324 e. The minimum atomic E-state index is -0.249. The van der Waals surface area contributed by atoms with Crippen LogP contribution in [0, 0.1) is 18.8 Å². The molecule has 2 aromatic rings. The zero-order chi connectivity index (χ0) is 24.7. The number of carbonyl (C=O) groups is 2. The average molecular weight is 480 g/mol. The van der Waals surface area contributed by atoms with E-state index in [0.717, 1.165) is 44.8 Å². The third kappa shape index (κ3) is 4.85. The van der Waals surface area contributed by atoms with Crippen molar-refractivity contribution < 1.29 is 9.59 Å². The third-order valence-corrected chi connectivity index (χ3v) is 8.28. The van der Waals surface area contributed by atoms with E-state index in [0.29, 0.717) is 25.0 Å². The molecule has 2 N–H and O–H groups in total. The Hall–Kier alpha value is -2.38. The summed E-state index contributed by atoms with van der Waals surface area (Å²) < 4.78 is 0. The van der Waals surface area contributed by atoms with Gasteiger partial charge in [0.05, 0.1) is 5.92 Å². The highest BCUT2D eigenvalue weighted by Crippen LogP contribution is 2.47. The van der Waals surface area contributed by atoms with Crippen LogP contribution in [-0.2, 0) is 11.2 Å². The smallest absolute Gasteiger partial charge is 0.324 e. The molecule has 5 rings (SSSR count). The van der Waals surface area contributed by atoms with Crippen molar-refractivity contribution in [2.75, 3.05) is 46.8 Å². The maximum atomic E-state index is 13.9. The normalized spacial score (nSPS) is 24.0. The molecule has 3 amide bonds. The summed E-state index contributed by atoms with van der Waals surface area (Å²) in [6.07, 6.45) is 5.24. The first kappa shape index (κ1) is 24.3.